The van der Waals surface area contributed by atoms with E-state index in [-0.39, 0.29) is 5.56 Å². The van der Waals surface area contributed by atoms with Crippen molar-refractivity contribution >= 4 is 37.5 Å². The molecule has 0 aliphatic heterocycles. The molecule has 1 aliphatic rings. The molecule has 21 heavy (non-hydrogen) atoms. The molecule has 0 spiro atoms. The number of rotatable bonds is 1. The normalized spacial score (nSPS) is 14.3. The summed E-state index contributed by atoms with van der Waals surface area (Å²) in [5.74, 6) is 0.651. The van der Waals surface area contributed by atoms with Crippen LogP contribution < -0.4 is 5.56 Å². The van der Waals surface area contributed by atoms with Gasteiger partial charge in [0.1, 0.15) is 10.7 Å². The molecule has 3 nitrogen and oxygen atoms in total. The van der Waals surface area contributed by atoms with Gasteiger partial charge in [-0.05, 0) is 43.4 Å². The first-order valence-electron chi connectivity index (χ1n) is 7.03. The predicted molar refractivity (Wildman–Crippen MR) is 90.0 cm³/mol. The summed E-state index contributed by atoms with van der Waals surface area (Å²) < 4.78 is 1.02. The molecule has 0 amide bonds. The average molecular weight is 361 g/mol. The van der Waals surface area contributed by atoms with Gasteiger partial charge in [0.15, 0.2) is 0 Å². The first-order chi connectivity index (χ1) is 10.2. The Balaban J connectivity index is 1.93. The van der Waals surface area contributed by atoms with Gasteiger partial charge < -0.3 is 4.98 Å². The number of benzene rings is 1. The van der Waals surface area contributed by atoms with E-state index in [2.05, 4.69) is 25.9 Å². The molecule has 5 heteroatoms. The summed E-state index contributed by atoms with van der Waals surface area (Å²) in [6.45, 7) is 0. The highest BCUT2D eigenvalue weighted by atomic mass is 79.9. The number of hydrogen-bond acceptors (Lipinski definition) is 3. The summed E-state index contributed by atoms with van der Waals surface area (Å²) in [6.07, 6.45) is 4.49. The fraction of sp³-hybridized carbons (Fsp3) is 0.250. The lowest BCUT2D eigenvalue weighted by Gasteiger charge is -2.09. The standard InChI is InChI=1S/C16H13BrN2OS/c17-10-7-5-9(6-8-10)14-18-15(20)13-11-3-1-2-4-12(11)21-16(13)19-14/h5-8H,1-4H2,(H,18,19,20). The third kappa shape index (κ3) is 2.24. The Morgan fingerprint density at radius 3 is 2.71 bits per heavy atom. The van der Waals surface area contributed by atoms with Crippen molar-refractivity contribution in [2.75, 3.05) is 0 Å². The number of aromatic amines is 1. The molecule has 0 bridgehead atoms. The Morgan fingerprint density at radius 1 is 1.14 bits per heavy atom. The number of thiophene rings is 1. The van der Waals surface area contributed by atoms with Crippen LogP contribution in [0.25, 0.3) is 21.6 Å². The number of fused-ring (bicyclic) bond motifs is 3. The van der Waals surface area contributed by atoms with E-state index in [1.54, 1.807) is 11.3 Å². The van der Waals surface area contributed by atoms with E-state index in [9.17, 15) is 4.79 Å². The van der Waals surface area contributed by atoms with Gasteiger partial charge in [0, 0.05) is 14.9 Å². The van der Waals surface area contributed by atoms with E-state index in [1.807, 2.05) is 24.3 Å². The highest BCUT2D eigenvalue weighted by molar-refractivity contribution is 9.10. The van der Waals surface area contributed by atoms with Gasteiger partial charge in [-0.3, -0.25) is 4.79 Å². The minimum Gasteiger partial charge on any atom is -0.306 e. The van der Waals surface area contributed by atoms with Crippen LogP contribution in [0.3, 0.4) is 0 Å². The van der Waals surface area contributed by atoms with Crippen LogP contribution in [0.5, 0.6) is 0 Å². The molecule has 4 rings (SSSR count). The predicted octanol–water partition coefficient (Wildman–Crippen LogP) is 4.29. The maximum atomic E-state index is 12.5. The van der Waals surface area contributed by atoms with Crippen LogP contribution in [0.4, 0.5) is 0 Å². The summed E-state index contributed by atoms with van der Waals surface area (Å²) in [5.41, 5.74) is 2.17. The third-order valence-corrected chi connectivity index (χ3v) is 5.66. The topological polar surface area (TPSA) is 45.8 Å². The number of halogens is 1. The summed E-state index contributed by atoms with van der Waals surface area (Å²) in [5, 5.41) is 0.815. The van der Waals surface area contributed by atoms with Crippen LogP contribution in [0, 0.1) is 0 Å². The van der Waals surface area contributed by atoms with Gasteiger partial charge in [-0.25, -0.2) is 4.98 Å². The van der Waals surface area contributed by atoms with Crippen LogP contribution in [-0.2, 0) is 12.8 Å². The Kier molecular flexibility index (Phi) is 3.19. The minimum absolute atomic E-state index is 0.00248. The lowest BCUT2D eigenvalue weighted by Crippen LogP contribution is -2.11. The van der Waals surface area contributed by atoms with Gasteiger partial charge in [0.2, 0.25) is 0 Å². The number of aromatic nitrogens is 2. The fourth-order valence-corrected chi connectivity index (χ4v) is 4.43. The number of H-pyrrole nitrogens is 1. The number of nitrogens with zero attached hydrogens (tertiary/aromatic N) is 1. The van der Waals surface area contributed by atoms with E-state index >= 15 is 0 Å². The number of hydrogen-bond donors (Lipinski definition) is 1. The molecule has 0 saturated heterocycles. The van der Waals surface area contributed by atoms with Gasteiger partial charge in [-0.15, -0.1) is 11.3 Å². The van der Waals surface area contributed by atoms with E-state index in [0.29, 0.717) is 5.82 Å². The van der Waals surface area contributed by atoms with E-state index in [0.717, 1.165) is 33.1 Å². The highest BCUT2D eigenvalue weighted by Gasteiger charge is 2.19. The molecule has 1 aliphatic carbocycles. The van der Waals surface area contributed by atoms with E-state index in [4.69, 9.17) is 0 Å². The Hall–Kier alpha value is -1.46. The zero-order valence-electron chi connectivity index (χ0n) is 11.3. The Bertz CT molecular complexity index is 880. The molecular weight excluding hydrogens is 348 g/mol. The van der Waals surface area contributed by atoms with Gasteiger partial charge in [-0.2, -0.15) is 0 Å². The summed E-state index contributed by atoms with van der Waals surface area (Å²) in [4.78, 5) is 22.3. The van der Waals surface area contributed by atoms with Crippen molar-refractivity contribution in [3.63, 3.8) is 0 Å². The van der Waals surface area contributed by atoms with Gasteiger partial charge in [0.05, 0.1) is 5.39 Å². The second kappa shape index (κ2) is 5.07. The van der Waals surface area contributed by atoms with Crippen molar-refractivity contribution in [2.24, 2.45) is 0 Å². The second-order valence-corrected chi connectivity index (χ2v) is 7.31. The van der Waals surface area contributed by atoms with Crippen molar-refractivity contribution in [1.29, 1.82) is 0 Å². The molecule has 0 fully saturated rings. The van der Waals surface area contributed by atoms with Crippen LogP contribution in [-0.4, -0.2) is 9.97 Å². The first kappa shape index (κ1) is 13.2. The largest absolute Gasteiger partial charge is 0.306 e. The number of aryl methyl sites for hydroxylation is 2. The molecule has 106 valence electrons. The SMILES string of the molecule is O=c1[nH]c(-c2ccc(Br)cc2)nc2sc3c(c12)CCCC3. The quantitative estimate of drug-likeness (QED) is 0.703. The molecule has 0 atom stereocenters. The summed E-state index contributed by atoms with van der Waals surface area (Å²) in [7, 11) is 0. The maximum absolute atomic E-state index is 12.5. The van der Waals surface area contributed by atoms with Gasteiger partial charge >= 0.3 is 0 Å². The average Bonchev–Trinajstić information content (AvgIpc) is 2.86. The lowest BCUT2D eigenvalue weighted by atomic mass is 9.97. The number of nitrogens with one attached hydrogen (secondary N) is 1. The van der Waals surface area contributed by atoms with Gasteiger partial charge in [-0.1, -0.05) is 28.1 Å². The Labute approximate surface area is 134 Å². The summed E-state index contributed by atoms with van der Waals surface area (Å²) in [6, 6.07) is 7.83. The van der Waals surface area contributed by atoms with Crippen LogP contribution in [0.15, 0.2) is 33.5 Å². The van der Waals surface area contributed by atoms with Crippen molar-refractivity contribution < 1.29 is 0 Å². The smallest absolute Gasteiger partial charge is 0.260 e. The molecule has 3 aromatic rings. The third-order valence-electron chi connectivity index (χ3n) is 3.94. The van der Waals surface area contributed by atoms with E-state index in [1.165, 1.54) is 23.3 Å². The molecule has 0 saturated carbocycles. The molecule has 1 N–H and O–H groups in total. The molecule has 1 aromatic carbocycles. The highest BCUT2D eigenvalue weighted by Crippen LogP contribution is 2.34. The van der Waals surface area contributed by atoms with Crippen molar-refractivity contribution in [2.45, 2.75) is 25.7 Å². The first-order valence-corrected chi connectivity index (χ1v) is 8.64. The Morgan fingerprint density at radius 2 is 1.90 bits per heavy atom. The molecule has 2 aromatic heterocycles. The second-order valence-electron chi connectivity index (χ2n) is 5.31. The van der Waals surface area contributed by atoms with Gasteiger partial charge in [0.25, 0.3) is 5.56 Å². The minimum atomic E-state index is -0.00248. The molecular formula is C16H13BrN2OS. The molecule has 0 radical (unpaired) electrons. The maximum Gasteiger partial charge on any atom is 0.260 e. The fourth-order valence-electron chi connectivity index (χ4n) is 2.91. The van der Waals surface area contributed by atoms with Crippen LogP contribution >= 0.6 is 27.3 Å². The van der Waals surface area contributed by atoms with Crippen LogP contribution in [0.1, 0.15) is 23.3 Å². The summed E-state index contributed by atoms with van der Waals surface area (Å²) >= 11 is 5.11. The zero-order chi connectivity index (χ0) is 14.4. The van der Waals surface area contributed by atoms with Crippen molar-refractivity contribution in [1.82, 2.24) is 9.97 Å². The molecule has 0 unspecified atom stereocenters. The molecule has 2 heterocycles. The zero-order valence-corrected chi connectivity index (χ0v) is 13.7. The lowest BCUT2D eigenvalue weighted by molar-refractivity contribution is 0.700. The van der Waals surface area contributed by atoms with E-state index < -0.39 is 0 Å². The monoisotopic (exact) mass is 360 g/mol. The van der Waals surface area contributed by atoms with Crippen molar-refractivity contribution in [3.8, 4) is 11.4 Å². The van der Waals surface area contributed by atoms with Crippen molar-refractivity contribution in [3.05, 3.63) is 49.5 Å². The van der Waals surface area contributed by atoms with Crippen LogP contribution in [0.2, 0.25) is 0 Å².